The molecule has 2 rings (SSSR count). The van der Waals surface area contributed by atoms with E-state index < -0.39 is 0 Å². The summed E-state index contributed by atoms with van der Waals surface area (Å²) in [6, 6.07) is 6.76. The molecule has 0 atom stereocenters. The van der Waals surface area contributed by atoms with E-state index >= 15 is 0 Å². The van der Waals surface area contributed by atoms with Crippen LogP contribution in [0.1, 0.15) is 11.3 Å². The molecule has 0 amide bonds. The Kier molecular flexibility index (Phi) is 4.06. The number of aromatic amines is 1. The van der Waals surface area contributed by atoms with Gasteiger partial charge in [-0.2, -0.15) is 5.10 Å². The Morgan fingerprint density at radius 1 is 1.39 bits per heavy atom. The lowest BCUT2D eigenvalue weighted by molar-refractivity contribution is -0.385. The zero-order chi connectivity index (χ0) is 13.0. The van der Waals surface area contributed by atoms with Gasteiger partial charge in [-0.25, -0.2) is 0 Å². The number of H-pyrrole nitrogens is 1. The summed E-state index contributed by atoms with van der Waals surface area (Å²) in [7, 11) is 0. The molecule has 7 heteroatoms. The molecule has 18 heavy (non-hydrogen) atoms. The molecule has 0 aliphatic heterocycles. The summed E-state index contributed by atoms with van der Waals surface area (Å²) >= 11 is 3.31. The van der Waals surface area contributed by atoms with Crippen molar-refractivity contribution in [1.82, 2.24) is 15.5 Å². The van der Waals surface area contributed by atoms with Crippen molar-refractivity contribution in [2.45, 2.75) is 13.1 Å². The van der Waals surface area contributed by atoms with E-state index in [2.05, 4.69) is 31.4 Å². The van der Waals surface area contributed by atoms with Crippen molar-refractivity contribution in [3.05, 3.63) is 56.3 Å². The van der Waals surface area contributed by atoms with Crippen LogP contribution >= 0.6 is 15.9 Å². The maximum absolute atomic E-state index is 10.9. The summed E-state index contributed by atoms with van der Waals surface area (Å²) in [6.07, 6.45) is 1.67. The first-order valence-corrected chi connectivity index (χ1v) is 6.08. The van der Waals surface area contributed by atoms with Crippen molar-refractivity contribution < 1.29 is 4.92 Å². The molecule has 0 spiro atoms. The lowest BCUT2D eigenvalue weighted by Crippen LogP contribution is -2.14. The number of nitrogens with one attached hydrogen (secondary N) is 2. The highest BCUT2D eigenvalue weighted by atomic mass is 79.9. The molecule has 0 saturated carbocycles. The summed E-state index contributed by atoms with van der Waals surface area (Å²) < 4.78 is 0.825. The molecule has 94 valence electrons. The third-order valence-electron chi connectivity index (χ3n) is 2.43. The Bertz CT molecular complexity index is 542. The molecule has 0 aliphatic carbocycles. The molecule has 1 aromatic carbocycles. The molecule has 2 N–H and O–H groups in total. The first-order chi connectivity index (χ1) is 8.66. The van der Waals surface area contributed by atoms with Crippen molar-refractivity contribution in [1.29, 1.82) is 0 Å². The highest BCUT2D eigenvalue weighted by Gasteiger charge is 2.13. The number of nitrogens with zero attached hydrogens (tertiary/aromatic N) is 2. The maximum atomic E-state index is 10.9. The van der Waals surface area contributed by atoms with Crippen LogP contribution in [0.2, 0.25) is 0 Å². The molecule has 0 bridgehead atoms. The molecule has 0 unspecified atom stereocenters. The molecule has 2 aromatic rings. The average molecular weight is 311 g/mol. The number of hydrogen-bond donors (Lipinski definition) is 2. The zero-order valence-electron chi connectivity index (χ0n) is 9.39. The monoisotopic (exact) mass is 310 g/mol. The molecule has 6 nitrogen and oxygen atoms in total. The van der Waals surface area contributed by atoms with Gasteiger partial charge in [0.25, 0.3) is 5.69 Å². The Morgan fingerprint density at radius 2 is 2.22 bits per heavy atom. The fraction of sp³-hybridized carbons (Fsp3) is 0.182. The van der Waals surface area contributed by atoms with Crippen LogP contribution in [-0.4, -0.2) is 15.1 Å². The van der Waals surface area contributed by atoms with Crippen LogP contribution in [0.15, 0.2) is 34.9 Å². The van der Waals surface area contributed by atoms with Gasteiger partial charge in [-0.3, -0.25) is 15.2 Å². The summed E-state index contributed by atoms with van der Waals surface area (Å²) in [5.74, 6) is 0. The molecular formula is C11H11BrN4O2. The van der Waals surface area contributed by atoms with E-state index in [0.717, 1.165) is 10.2 Å². The minimum Gasteiger partial charge on any atom is -0.307 e. The normalized spacial score (nSPS) is 10.5. The summed E-state index contributed by atoms with van der Waals surface area (Å²) in [4.78, 5) is 10.5. The van der Waals surface area contributed by atoms with Gasteiger partial charge >= 0.3 is 0 Å². The Labute approximate surface area is 112 Å². The SMILES string of the molecule is O=[N+]([O-])c1ccc(Br)cc1CNCc1ccn[nH]1. The van der Waals surface area contributed by atoms with Gasteiger partial charge in [0, 0.05) is 41.1 Å². The largest absolute Gasteiger partial charge is 0.307 e. The second-order valence-electron chi connectivity index (χ2n) is 3.72. The van der Waals surface area contributed by atoms with Crippen molar-refractivity contribution in [3.63, 3.8) is 0 Å². The number of nitro groups is 1. The van der Waals surface area contributed by atoms with Crippen LogP contribution in [-0.2, 0) is 13.1 Å². The Morgan fingerprint density at radius 3 is 2.89 bits per heavy atom. The van der Waals surface area contributed by atoms with Gasteiger partial charge in [-0.05, 0) is 18.2 Å². The van der Waals surface area contributed by atoms with Crippen LogP contribution in [0.5, 0.6) is 0 Å². The standard InChI is InChI=1S/C11H11BrN4O2/c12-9-1-2-11(16(17)18)8(5-9)6-13-7-10-3-4-14-15-10/h1-5,13H,6-7H2,(H,14,15). The zero-order valence-corrected chi connectivity index (χ0v) is 11.0. The number of aromatic nitrogens is 2. The number of benzene rings is 1. The minimum atomic E-state index is -0.375. The number of rotatable bonds is 5. The molecular weight excluding hydrogens is 300 g/mol. The van der Waals surface area contributed by atoms with E-state index in [1.165, 1.54) is 6.07 Å². The van der Waals surface area contributed by atoms with Crippen molar-refractivity contribution in [3.8, 4) is 0 Å². The quantitative estimate of drug-likeness (QED) is 0.656. The van der Waals surface area contributed by atoms with Crippen LogP contribution < -0.4 is 5.32 Å². The molecule has 1 heterocycles. The third kappa shape index (κ3) is 3.14. The van der Waals surface area contributed by atoms with E-state index in [0.29, 0.717) is 18.7 Å². The van der Waals surface area contributed by atoms with Gasteiger partial charge in [-0.1, -0.05) is 15.9 Å². The van der Waals surface area contributed by atoms with Gasteiger partial charge in [0.05, 0.1) is 4.92 Å². The number of hydrogen-bond acceptors (Lipinski definition) is 4. The van der Waals surface area contributed by atoms with Gasteiger partial charge < -0.3 is 5.32 Å². The van der Waals surface area contributed by atoms with Crippen molar-refractivity contribution >= 4 is 21.6 Å². The van der Waals surface area contributed by atoms with E-state index in [4.69, 9.17) is 0 Å². The highest BCUT2D eigenvalue weighted by molar-refractivity contribution is 9.10. The predicted octanol–water partition coefficient (Wildman–Crippen LogP) is 2.37. The highest BCUT2D eigenvalue weighted by Crippen LogP contribution is 2.22. The van der Waals surface area contributed by atoms with E-state index in [-0.39, 0.29) is 10.6 Å². The van der Waals surface area contributed by atoms with Gasteiger partial charge in [0.2, 0.25) is 0 Å². The summed E-state index contributed by atoms with van der Waals surface area (Å²) in [5, 5.41) is 20.6. The molecule has 0 fully saturated rings. The van der Waals surface area contributed by atoms with Gasteiger partial charge in [-0.15, -0.1) is 0 Å². The third-order valence-corrected chi connectivity index (χ3v) is 2.92. The molecule has 0 aliphatic rings. The second-order valence-corrected chi connectivity index (χ2v) is 4.63. The summed E-state index contributed by atoms with van der Waals surface area (Å²) in [6.45, 7) is 1.01. The van der Waals surface area contributed by atoms with Gasteiger partial charge in [0.15, 0.2) is 0 Å². The minimum absolute atomic E-state index is 0.121. The predicted molar refractivity (Wildman–Crippen MR) is 69.9 cm³/mol. The molecule has 0 saturated heterocycles. The maximum Gasteiger partial charge on any atom is 0.273 e. The average Bonchev–Trinajstić information content (AvgIpc) is 2.82. The smallest absolute Gasteiger partial charge is 0.273 e. The van der Waals surface area contributed by atoms with E-state index in [1.54, 1.807) is 18.3 Å². The van der Waals surface area contributed by atoms with Crippen LogP contribution in [0.25, 0.3) is 0 Å². The number of nitro benzene ring substituents is 1. The van der Waals surface area contributed by atoms with Crippen LogP contribution in [0, 0.1) is 10.1 Å². The summed E-state index contributed by atoms with van der Waals surface area (Å²) in [5.41, 5.74) is 1.71. The lowest BCUT2D eigenvalue weighted by Gasteiger charge is -2.05. The van der Waals surface area contributed by atoms with E-state index in [9.17, 15) is 10.1 Å². The number of halogens is 1. The first-order valence-electron chi connectivity index (χ1n) is 5.28. The van der Waals surface area contributed by atoms with Crippen LogP contribution in [0.3, 0.4) is 0 Å². The lowest BCUT2D eigenvalue weighted by atomic mass is 10.2. The molecule has 1 aromatic heterocycles. The van der Waals surface area contributed by atoms with E-state index in [1.807, 2.05) is 6.07 Å². The fourth-order valence-corrected chi connectivity index (χ4v) is 2.00. The Hall–Kier alpha value is -1.73. The Balaban J connectivity index is 2.03. The molecule has 0 radical (unpaired) electrons. The first kappa shape index (κ1) is 12.7. The topological polar surface area (TPSA) is 83.8 Å². The van der Waals surface area contributed by atoms with Crippen molar-refractivity contribution in [2.24, 2.45) is 0 Å². The van der Waals surface area contributed by atoms with Gasteiger partial charge in [0.1, 0.15) is 0 Å². The fourth-order valence-electron chi connectivity index (χ4n) is 1.59. The van der Waals surface area contributed by atoms with Crippen molar-refractivity contribution in [2.75, 3.05) is 0 Å². The second kappa shape index (κ2) is 5.74. The van der Waals surface area contributed by atoms with Crippen LogP contribution in [0.4, 0.5) is 5.69 Å².